The van der Waals surface area contributed by atoms with Crippen LogP contribution in [-0.4, -0.2) is 52.8 Å². The van der Waals surface area contributed by atoms with E-state index in [0.717, 1.165) is 37.1 Å². The van der Waals surface area contributed by atoms with Gasteiger partial charge in [0.25, 0.3) is 5.91 Å². The predicted octanol–water partition coefficient (Wildman–Crippen LogP) is 3.87. The van der Waals surface area contributed by atoms with E-state index in [9.17, 15) is 9.59 Å². The quantitative estimate of drug-likeness (QED) is 0.397. The van der Waals surface area contributed by atoms with Crippen molar-refractivity contribution in [3.63, 3.8) is 0 Å². The molecule has 1 saturated carbocycles. The van der Waals surface area contributed by atoms with Crippen LogP contribution in [-0.2, 0) is 4.79 Å². The molecule has 1 unspecified atom stereocenters. The molecule has 1 aliphatic carbocycles. The fraction of sp³-hybridized carbons (Fsp3) is 0.481. The molecule has 0 saturated heterocycles. The number of benzene rings is 2. The number of anilines is 1. The number of carbonyl (C=O) groups excluding carboxylic acids is 2. The van der Waals surface area contributed by atoms with Crippen molar-refractivity contribution in [2.75, 3.05) is 46.3 Å². The van der Waals surface area contributed by atoms with Gasteiger partial charge < -0.3 is 30.2 Å². The molecule has 0 radical (unpaired) electrons. The molecule has 2 aromatic rings. The van der Waals surface area contributed by atoms with E-state index >= 15 is 0 Å². The lowest BCUT2D eigenvalue weighted by Gasteiger charge is -2.29. The number of amides is 2. The first-order valence-electron chi connectivity index (χ1n) is 12.2. The topological polar surface area (TPSA) is 97.9 Å². The minimum Gasteiger partial charge on any atom is -0.497 e. The normalized spacial score (nSPS) is 14.5. The molecule has 8 heteroatoms. The van der Waals surface area contributed by atoms with E-state index in [2.05, 4.69) is 16.0 Å². The van der Waals surface area contributed by atoms with Crippen LogP contribution in [0.2, 0.25) is 0 Å². The Balaban J connectivity index is 1.56. The maximum atomic E-state index is 13.1. The lowest BCUT2D eigenvalue weighted by Crippen LogP contribution is -2.44. The minimum atomic E-state index is -0.271. The van der Waals surface area contributed by atoms with Gasteiger partial charge >= 0.3 is 0 Å². The zero-order valence-corrected chi connectivity index (χ0v) is 20.9. The van der Waals surface area contributed by atoms with Gasteiger partial charge in [0.2, 0.25) is 5.91 Å². The molecule has 3 rings (SSSR count). The Bertz CT molecular complexity index is 936. The predicted molar refractivity (Wildman–Crippen MR) is 136 cm³/mol. The van der Waals surface area contributed by atoms with Crippen LogP contribution in [0.5, 0.6) is 17.2 Å². The molecule has 0 bridgehead atoms. The first-order chi connectivity index (χ1) is 17.0. The molecule has 35 heavy (non-hydrogen) atoms. The number of hydrogen-bond acceptors (Lipinski definition) is 6. The van der Waals surface area contributed by atoms with E-state index in [4.69, 9.17) is 14.2 Å². The van der Waals surface area contributed by atoms with Gasteiger partial charge in [-0.3, -0.25) is 9.59 Å². The second-order valence-corrected chi connectivity index (χ2v) is 8.76. The monoisotopic (exact) mass is 483 g/mol. The van der Waals surface area contributed by atoms with E-state index in [1.807, 2.05) is 24.3 Å². The van der Waals surface area contributed by atoms with Crippen molar-refractivity contribution < 1.29 is 23.8 Å². The SMILES string of the molecule is COc1ccc(NCCNC(=O)C(CNC(=O)c2cc(OC)cc(OC)c2)C2CCCCC2)cc1. The lowest BCUT2D eigenvalue weighted by atomic mass is 9.79. The third-order valence-electron chi connectivity index (χ3n) is 6.50. The third kappa shape index (κ3) is 7.80. The highest BCUT2D eigenvalue weighted by Crippen LogP contribution is 2.30. The summed E-state index contributed by atoms with van der Waals surface area (Å²) in [6.45, 7) is 1.39. The first kappa shape index (κ1) is 26.2. The van der Waals surface area contributed by atoms with Crippen LogP contribution in [0.15, 0.2) is 42.5 Å². The third-order valence-corrected chi connectivity index (χ3v) is 6.50. The summed E-state index contributed by atoms with van der Waals surface area (Å²) in [6, 6.07) is 12.7. The van der Waals surface area contributed by atoms with E-state index < -0.39 is 0 Å². The number of carbonyl (C=O) groups is 2. The van der Waals surface area contributed by atoms with Gasteiger partial charge in [0.15, 0.2) is 0 Å². The van der Waals surface area contributed by atoms with Gasteiger partial charge in [0.05, 0.1) is 27.2 Å². The lowest BCUT2D eigenvalue weighted by molar-refractivity contribution is -0.126. The van der Waals surface area contributed by atoms with E-state index in [-0.39, 0.29) is 23.7 Å². The van der Waals surface area contributed by atoms with Crippen LogP contribution in [0.1, 0.15) is 42.5 Å². The van der Waals surface area contributed by atoms with Gasteiger partial charge in [0, 0.05) is 37.0 Å². The van der Waals surface area contributed by atoms with Crippen molar-refractivity contribution in [1.29, 1.82) is 0 Å². The molecule has 0 heterocycles. The van der Waals surface area contributed by atoms with Crippen LogP contribution < -0.4 is 30.2 Å². The summed E-state index contributed by atoms with van der Waals surface area (Å²) in [5.41, 5.74) is 1.40. The molecule has 0 spiro atoms. The molecule has 3 N–H and O–H groups in total. The highest BCUT2D eigenvalue weighted by atomic mass is 16.5. The summed E-state index contributed by atoms with van der Waals surface area (Å²) < 4.78 is 15.7. The second kappa shape index (κ2) is 13.5. The summed E-state index contributed by atoms with van der Waals surface area (Å²) >= 11 is 0. The maximum absolute atomic E-state index is 13.1. The van der Waals surface area contributed by atoms with Crippen LogP contribution in [0.3, 0.4) is 0 Å². The van der Waals surface area contributed by atoms with Gasteiger partial charge in [-0.1, -0.05) is 19.3 Å². The molecule has 1 atom stereocenters. The summed E-state index contributed by atoms with van der Waals surface area (Å²) in [5.74, 6) is 1.61. The second-order valence-electron chi connectivity index (χ2n) is 8.76. The van der Waals surface area contributed by atoms with E-state index in [0.29, 0.717) is 36.7 Å². The van der Waals surface area contributed by atoms with Crippen molar-refractivity contribution in [2.45, 2.75) is 32.1 Å². The molecule has 1 fully saturated rings. The van der Waals surface area contributed by atoms with Gasteiger partial charge in [0.1, 0.15) is 17.2 Å². The summed E-state index contributed by atoms with van der Waals surface area (Å²) in [5, 5.41) is 9.32. The van der Waals surface area contributed by atoms with E-state index in [1.165, 1.54) is 6.42 Å². The van der Waals surface area contributed by atoms with Crippen LogP contribution in [0.25, 0.3) is 0 Å². The Labute approximate surface area is 207 Å². The zero-order chi connectivity index (χ0) is 25.0. The van der Waals surface area contributed by atoms with E-state index in [1.54, 1.807) is 39.5 Å². The van der Waals surface area contributed by atoms with Crippen molar-refractivity contribution in [2.24, 2.45) is 11.8 Å². The average molecular weight is 484 g/mol. The Kier molecular flexibility index (Phi) is 10.1. The zero-order valence-electron chi connectivity index (χ0n) is 20.9. The Hall–Kier alpha value is -3.42. The minimum absolute atomic E-state index is 0.0167. The van der Waals surface area contributed by atoms with Crippen molar-refractivity contribution >= 4 is 17.5 Å². The fourth-order valence-electron chi connectivity index (χ4n) is 4.49. The Morgan fingerprint density at radius 2 is 1.46 bits per heavy atom. The summed E-state index contributed by atoms with van der Waals surface area (Å²) in [4.78, 5) is 26.0. The number of methoxy groups -OCH3 is 3. The standard InChI is InChI=1S/C27H37N3O5/c1-33-22-11-9-21(10-12-22)28-13-14-29-27(32)25(19-7-5-4-6-8-19)18-30-26(31)20-15-23(34-2)17-24(16-20)35-3/h9-12,15-17,19,25,28H,4-8,13-14,18H2,1-3H3,(H,29,32)(H,30,31). The number of rotatable bonds is 12. The molecule has 0 aromatic heterocycles. The van der Waals surface area contributed by atoms with Gasteiger partial charge in [-0.15, -0.1) is 0 Å². The first-order valence-corrected chi connectivity index (χ1v) is 12.2. The largest absolute Gasteiger partial charge is 0.497 e. The smallest absolute Gasteiger partial charge is 0.251 e. The summed E-state index contributed by atoms with van der Waals surface area (Å²) in [7, 11) is 4.73. The van der Waals surface area contributed by atoms with Crippen molar-refractivity contribution in [3.05, 3.63) is 48.0 Å². The van der Waals surface area contributed by atoms with Crippen LogP contribution in [0.4, 0.5) is 5.69 Å². The number of hydrogen-bond donors (Lipinski definition) is 3. The molecule has 0 aliphatic heterocycles. The van der Waals surface area contributed by atoms with Crippen LogP contribution in [0, 0.1) is 11.8 Å². The van der Waals surface area contributed by atoms with Gasteiger partial charge in [-0.2, -0.15) is 0 Å². The average Bonchev–Trinajstić information content (AvgIpc) is 2.91. The van der Waals surface area contributed by atoms with Gasteiger partial charge in [-0.05, 0) is 55.2 Å². The molecular weight excluding hydrogens is 446 g/mol. The van der Waals surface area contributed by atoms with Crippen molar-refractivity contribution in [1.82, 2.24) is 10.6 Å². The molecule has 8 nitrogen and oxygen atoms in total. The Morgan fingerprint density at radius 3 is 2.06 bits per heavy atom. The Morgan fingerprint density at radius 1 is 0.829 bits per heavy atom. The number of ether oxygens (including phenoxy) is 3. The highest BCUT2D eigenvalue weighted by molar-refractivity contribution is 5.95. The highest BCUT2D eigenvalue weighted by Gasteiger charge is 2.30. The molecule has 190 valence electrons. The van der Waals surface area contributed by atoms with Crippen LogP contribution >= 0.6 is 0 Å². The van der Waals surface area contributed by atoms with Crippen molar-refractivity contribution in [3.8, 4) is 17.2 Å². The fourth-order valence-corrected chi connectivity index (χ4v) is 4.49. The van der Waals surface area contributed by atoms with Gasteiger partial charge in [-0.25, -0.2) is 0 Å². The summed E-state index contributed by atoms with van der Waals surface area (Å²) in [6.07, 6.45) is 5.45. The number of nitrogens with one attached hydrogen (secondary N) is 3. The molecule has 2 aromatic carbocycles. The maximum Gasteiger partial charge on any atom is 0.251 e. The molecular formula is C27H37N3O5. The molecule has 1 aliphatic rings. The molecule has 2 amide bonds.